The zero-order valence-electron chi connectivity index (χ0n) is 14.2. The minimum Gasteiger partial charge on any atom is -0.481 e. The van der Waals surface area contributed by atoms with Gasteiger partial charge in [-0.05, 0) is 30.3 Å². The summed E-state index contributed by atoms with van der Waals surface area (Å²) < 4.78 is 16.1. The molecule has 0 saturated heterocycles. The molecule has 0 unspecified atom stereocenters. The number of rotatable bonds is 6. The Morgan fingerprint density at radius 1 is 0.923 bits per heavy atom. The largest absolute Gasteiger partial charge is 0.481 e. The highest BCUT2D eigenvalue weighted by atomic mass is 35.5. The van der Waals surface area contributed by atoms with Gasteiger partial charge >= 0.3 is 6.01 Å². The number of hydrogen-bond acceptors (Lipinski definition) is 6. The van der Waals surface area contributed by atoms with E-state index >= 15 is 0 Å². The Morgan fingerprint density at radius 2 is 1.65 bits per heavy atom. The lowest BCUT2D eigenvalue weighted by molar-refractivity contribution is 0.348. The molecule has 0 aliphatic heterocycles. The molecular weight excluding hydrogens is 354 g/mol. The van der Waals surface area contributed by atoms with E-state index in [2.05, 4.69) is 15.0 Å². The van der Waals surface area contributed by atoms with Gasteiger partial charge in [0.15, 0.2) is 0 Å². The van der Waals surface area contributed by atoms with Crippen LogP contribution in [0, 0.1) is 0 Å². The van der Waals surface area contributed by atoms with E-state index in [1.165, 1.54) is 14.2 Å². The van der Waals surface area contributed by atoms with Gasteiger partial charge < -0.3 is 14.2 Å². The Hall–Kier alpha value is -3.12. The van der Waals surface area contributed by atoms with Crippen molar-refractivity contribution in [2.45, 2.75) is 0 Å². The van der Waals surface area contributed by atoms with E-state index in [-0.39, 0.29) is 6.01 Å². The molecule has 0 amide bonds. The van der Waals surface area contributed by atoms with Crippen molar-refractivity contribution < 1.29 is 14.2 Å². The Labute approximate surface area is 156 Å². The number of para-hydroxylation sites is 1. The zero-order chi connectivity index (χ0) is 18.4. The van der Waals surface area contributed by atoms with Crippen molar-refractivity contribution in [3.63, 3.8) is 0 Å². The van der Waals surface area contributed by atoms with E-state index < -0.39 is 0 Å². The molecule has 0 bridgehead atoms. The van der Waals surface area contributed by atoms with Gasteiger partial charge in [-0.3, -0.25) is 4.99 Å². The summed E-state index contributed by atoms with van der Waals surface area (Å²) in [5, 5.41) is 0.626. The fourth-order valence-electron chi connectivity index (χ4n) is 2.12. The molecule has 7 heteroatoms. The van der Waals surface area contributed by atoms with Gasteiger partial charge in [-0.15, -0.1) is 0 Å². The summed E-state index contributed by atoms with van der Waals surface area (Å²) in [7, 11) is 3.02. The molecule has 0 N–H and O–H groups in total. The number of aromatic nitrogens is 2. The summed E-state index contributed by atoms with van der Waals surface area (Å²) in [6.45, 7) is 0. The molecule has 132 valence electrons. The third-order valence-electron chi connectivity index (χ3n) is 3.36. The van der Waals surface area contributed by atoms with E-state index in [1.807, 2.05) is 30.3 Å². The number of hydrogen-bond donors (Lipinski definition) is 0. The molecule has 0 aliphatic carbocycles. The van der Waals surface area contributed by atoms with Crippen LogP contribution in [0.3, 0.4) is 0 Å². The summed E-state index contributed by atoms with van der Waals surface area (Å²) in [5.41, 5.74) is 1.50. The maximum atomic E-state index is 5.98. The first kappa shape index (κ1) is 17.7. The first-order valence-electron chi connectivity index (χ1n) is 7.71. The van der Waals surface area contributed by atoms with Gasteiger partial charge in [-0.1, -0.05) is 29.8 Å². The normalized spacial score (nSPS) is 10.7. The number of methoxy groups -OCH3 is 2. The minimum atomic E-state index is 0.116. The molecule has 3 aromatic rings. The quantitative estimate of drug-likeness (QED) is 0.590. The van der Waals surface area contributed by atoms with Gasteiger partial charge in [0.2, 0.25) is 11.8 Å². The second-order valence-electron chi connectivity index (χ2n) is 5.11. The Bertz CT molecular complexity index is 909. The van der Waals surface area contributed by atoms with Crippen molar-refractivity contribution in [2.75, 3.05) is 14.2 Å². The first-order valence-corrected chi connectivity index (χ1v) is 8.09. The van der Waals surface area contributed by atoms with Gasteiger partial charge in [0.25, 0.3) is 0 Å². The second kappa shape index (κ2) is 8.31. The van der Waals surface area contributed by atoms with Gasteiger partial charge in [-0.2, -0.15) is 9.97 Å². The summed E-state index contributed by atoms with van der Waals surface area (Å²) in [6, 6.07) is 16.4. The third kappa shape index (κ3) is 4.49. The average molecular weight is 370 g/mol. The average Bonchev–Trinajstić information content (AvgIpc) is 2.67. The summed E-state index contributed by atoms with van der Waals surface area (Å²) in [5.74, 6) is 1.24. The van der Waals surface area contributed by atoms with Crippen LogP contribution in [0.5, 0.6) is 23.5 Å². The molecule has 1 aromatic heterocycles. The lowest BCUT2D eigenvalue weighted by Gasteiger charge is -2.09. The van der Waals surface area contributed by atoms with Crippen LogP contribution in [0.2, 0.25) is 5.02 Å². The van der Waals surface area contributed by atoms with Crippen LogP contribution in [-0.2, 0) is 0 Å². The Kier molecular flexibility index (Phi) is 5.66. The highest BCUT2D eigenvalue weighted by Crippen LogP contribution is 2.26. The van der Waals surface area contributed by atoms with Gasteiger partial charge in [0.05, 0.1) is 26.0 Å². The Morgan fingerprint density at radius 3 is 2.35 bits per heavy atom. The number of halogens is 1. The molecule has 0 saturated carbocycles. The predicted octanol–water partition coefficient (Wildman–Crippen LogP) is 4.69. The van der Waals surface area contributed by atoms with Crippen molar-refractivity contribution >= 4 is 23.5 Å². The van der Waals surface area contributed by atoms with Crippen LogP contribution in [-0.4, -0.2) is 30.4 Å². The lowest BCUT2D eigenvalue weighted by atomic mass is 10.2. The molecule has 0 spiro atoms. The summed E-state index contributed by atoms with van der Waals surface area (Å²) in [4.78, 5) is 12.8. The van der Waals surface area contributed by atoms with Crippen molar-refractivity contribution in [1.82, 2.24) is 9.97 Å². The smallest absolute Gasteiger partial charge is 0.328 e. The molecule has 1 heterocycles. The maximum absolute atomic E-state index is 5.98. The van der Waals surface area contributed by atoms with E-state index in [1.54, 1.807) is 30.5 Å². The number of aliphatic imine (C=N–C) groups is 1. The zero-order valence-corrected chi connectivity index (χ0v) is 15.0. The molecule has 2 aromatic carbocycles. The molecule has 0 aliphatic rings. The monoisotopic (exact) mass is 369 g/mol. The van der Waals surface area contributed by atoms with Crippen molar-refractivity contribution in [3.8, 4) is 23.5 Å². The second-order valence-corrected chi connectivity index (χ2v) is 5.55. The molecule has 6 nitrogen and oxygen atoms in total. The highest BCUT2D eigenvalue weighted by molar-refractivity contribution is 6.30. The SMILES string of the molecule is COc1cc(OC)nc(Oc2ccccc2C=Nc2cccc(Cl)c2)n1. The highest BCUT2D eigenvalue weighted by Gasteiger charge is 2.09. The van der Waals surface area contributed by atoms with Gasteiger partial charge in [0.1, 0.15) is 5.75 Å². The van der Waals surface area contributed by atoms with Crippen LogP contribution in [0.25, 0.3) is 0 Å². The van der Waals surface area contributed by atoms with Crippen LogP contribution >= 0.6 is 11.6 Å². The molecule has 0 fully saturated rings. The van der Waals surface area contributed by atoms with Crippen molar-refractivity contribution in [2.24, 2.45) is 4.99 Å². The van der Waals surface area contributed by atoms with Crippen LogP contribution in [0.4, 0.5) is 5.69 Å². The summed E-state index contributed by atoms with van der Waals surface area (Å²) >= 11 is 5.98. The molecule has 0 radical (unpaired) electrons. The standard InChI is InChI=1S/C19H16ClN3O3/c1-24-17-11-18(25-2)23-19(22-17)26-16-9-4-3-6-13(16)12-21-15-8-5-7-14(20)10-15/h3-12H,1-2H3. The van der Waals surface area contributed by atoms with E-state index in [0.29, 0.717) is 22.5 Å². The van der Waals surface area contributed by atoms with Crippen LogP contribution in [0.15, 0.2) is 59.6 Å². The van der Waals surface area contributed by atoms with Gasteiger partial charge in [-0.25, -0.2) is 0 Å². The molecule has 3 rings (SSSR count). The Balaban J connectivity index is 1.88. The van der Waals surface area contributed by atoms with E-state index in [9.17, 15) is 0 Å². The fourth-order valence-corrected chi connectivity index (χ4v) is 2.30. The lowest BCUT2D eigenvalue weighted by Crippen LogP contribution is -1.99. The van der Waals surface area contributed by atoms with Crippen LogP contribution in [0.1, 0.15) is 5.56 Å². The molecular formula is C19H16ClN3O3. The summed E-state index contributed by atoms with van der Waals surface area (Å²) in [6.07, 6.45) is 1.69. The molecule has 0 atom stereocenters. The van der Waals surface area contributed by atoms with Crippen molar-refractivity contribution in [1.29, 1.82) is 0 Å². The minimum absolute atomic E-state index is 0.116. The molecule has 26 heavy (non-hydrogen) atoms. The fraction of sp³-hybridized carbons (Fsp3) is 0.105. The number of benzene rings is 2. The number of ether oxygens (including phenoxy) is 3. The third-order valence-corrected chi connectivity index (χ3v) is 3.59. The first-order chi connectivity index (χ1) is 12.7. The topological polar surface area (TPSA) is 65.8 Å². The van der Waals surface area contributed by atoms with E-state index in [4.69, 9.17) is 25.8 Å². The predicted molar refractivity (Wildman–Crippen MR) is 100 cm³/mol. The van der Waals surface area contributed by atoms with E-state index in [0.717, 1.165) is 11.3 Å². The maximum Gasteiger partial charge on any atom is 0.328 e. The van der Waals surface area contributed by atoms with Gasteiger partial charge in [0, 0.05) is 16.8 Å². The van der Waals surface area contributed by atoms with Crippen LogP contribution < -0.4 is 14.2 Å². The van der Waals surface area contributed by atoms with Crippen molar-refractivity contribution in [3.05, 3.63) is 65.2 Å². The number of nitrogens with zero attached hydrogens (tertiary/aromatic N) is 3.